The zero-order chi connectivity index (χ0) is 13.9. The fourth-order valence-corrected chi connectivity index (χ4v) is 2.00. The lowest BCUT2D eigenvalue weighted by atomic mass is 10.1. The van der Waals surface area contributed by atoms with E-state index >= 15 is 0 Å². The van der Waals surface area contributed by atoms with Crippen LogP contribution in [0.25, 0.3) is 22.9 Å². The Balaban J connectivity index is 1.93. The highest BCUT2D eigenvalue weighted by molar-refractivity contribution is 9.10. The number of hydrogen-bond acceptors (Lipinski definition) is 4. The molecular formula is C15H8BrN3O. The molecule has 0 fully saturated rings. The minimum Gasteiger partial charge on any atom is -0.416 e. The van der Waals surface area contributed by atoms with Gasteiger partial charge >= 0.3 is 0 Å². The van der Waals surface area contributed by atoms with Crippen molar-refractivity contribution in [3.63, 3.8) is 0 Å². The Morgan fingerprint density at radius 2 is 1.35 bits per heavy atom. The van der Waals surface area contributed by atoms with Crippen LogP contribution in [0.2, 0.25) is 0 Å². The molecule has 0 aliphatic carbocycles. The first kappa shape index (κ1) is 12.6. The molecule has 1 aromatic heterocycles. The van der Waals surface area contributed by atoms with Crippen LogP contribution in [0.4, 0.5) is 0 Å². The SMILES string of the molecule is N#Cc1ccc(-c2nnc(-c3ccc(Br)cc3)o2)cc1. The van der Waals surface area contributed by atoms with Crippen molar-refractivity contribution in [3.05, 3.63) is 58.6 Å². The zero-order valence-electron chi connectivity index (χ0n) is 10.2. The van der Waals surface area contributed by atoms with E-state index in [1.807, 2.05) is 24.3 Å². The van der Waals surface area contributed by atoms with Gasteiger partial charge in [0.15, 0.2) is 0 Å². The van der Waals surface area contributed by atoms with E-state index in [0.29, 0.717) is 17.3 Å². The monoisotopic (exact) mass is 325 g/mol. The van der Waals surface area contributed by atoms with Crippen molar-refractivity contribution in [3.8, 4) is 29.0 Å². The first-order valence-electron chi connectivity index (χ1n) is 5.86. The van der Waals surface area contributed by atoms with Gasteiger partial charge in [-0.1, -0.05) is 15.9 Å². The molecule has 0 spiro atoms. The third-order valence-corrected chi connectivity index (χ3v) is 3.31. The van der Waals surface area contributed by atoms with Gasteiger partial charge in [0.2, 0.25) is 11.8 Å². The minimum absolute atomic E-state index is 0.437. The van der Waals surface area contributed by atoms with Gasteiger partial charge in [0.25, 0.3) is 0 Å². The summed E-state index contributed by atoms with van der Waals surface area (Å²) in [5.74, 6) is 0.907. The highest BCUT2D eigenvalue weighted by atomic mass is 79.9. The molecular weight excluding hydrogens is 318 g/mol. The van der Waals surface area contributed by atoms with Crippen molar-refractivity contribution in [2.24, 2.45) is 0 Å². The molecule has 4 nitrogen and oxygen atoms in total. The van der Waals surface area contributed by atoms with E-state index in [4.69, 9.17) is 9.68 Å². The Kier molecular flexibility index (Phi) is 3.32. The normalized spacial score (nSPS) is 10.2. The molecule has 0 saturated heterocycles. The second kappa shape index (κ2) is 5.27. The molecule has 5 heteroatoms. The van der Waals surface area contributed by atoms with Crippen LogP contribution >= 0.6 is 15.9 Å². The van der Waals surface area contributed by atoms with Crippen molar-refractivity contribution < 1.29 is 4.42 Å². The van der Waals surface area contributed by atoms with Gasteiger partial charge in [-0.2, -0.15) is 5.26 Å². The van der Waals surface area contributed by atoms with Gasteiger partial charge in [0.1, 0.15) is 0 Å². The number of rotatable bonds is 2. The predicted octanol–water partition coefficient (Wildman–Crippen LogP) is 4.04. The maximum Gasteiger partial charge on any atom is 0.248 e. The van der Waals surface area contributed by atoms with Crippen LogP contribution < -0.4 is 0 Å². The summed E-state index contributed by atoms with van der Waals surface area (Å²) in [6, 6.07) is 16.7. The van der Waals surface area contributed by atoms with Gasteiger partial charge in [-0.05, 0) is 48.5 Å². The van der Waals surface area contributed by atoms with Crippen molar-refractivity contribution in [1.82, 2.24) is 10.2 Å². The number of nitriles is 1. The van der Waals surface area contributed by atoms with E-state index in [-0.39, 0.29) is 0 Å². The van der Waals surface area contributed by atoms with E-state index in [1.54, 1.807) is 24.3 Å². The molecule has 0 atom stereocenters. The molecule has 0 unspecified atom stereocenters. The maximum absolute atomic E-state index is 8.77. The molecule has 20 heavy (non-hydrogen) atoms. The summed E-state index contributed by atoms with van der Waals surface area (Å²) in [7, 11) is 0. The van der Waals surface area contributed by atoms with Crippen molar-refractivity contribution in [2.75, 3.05) is 0 Å². The second-order valence-corrected chi connectivity index (χ2v) is 5.02. The van der Waals surface area contributed by atoms with Gasteiger partial charge < -0.3 is 4.42 Å². The van der Waals surface area contributed by atoms with E-state index in [1.165, 1.54) is 0 Å². The van der Waals surface area contributed by atoms with Gasteiger partial charge in [0, 0.05) is 15.6 Å². The van der Waals surface area contributed by atoms with Crippen molar-refractivity contribution in [1.29, 1.82) is 5.26 Å². The Labute approximate surface area is 123 Å². The zero-order valence-corrected chi connectivity index (χ0v) is 11.8. The van der Waals surface area contributed by atoms with Gasteiger partial charge in [-0.25, -0.2) is 0 Å². The summed E-state index contributed by atoms with van der Waals surface area (Å²) >= 11 is 3.38. The van der Waals surface area contributed by atoms with Gasteiger partial charge in [0.05, 0.1) is 11.6 Å². The van der Waals surface area contributed by atoms with Crippen LogP contribution in [0.3, 0.4) is 0 Å². The Morgan fingerprint density at radius 3 is 1.85 bits per heavy atom. The fourth-order valence-electron chi connectivity index (χ4n) is 1.74. The highest BCUT2D eigenvalue weighted by Crippen LogP contribution is 2.25. The first-order valence-corrected chi connectivity index (χ1v) is 6.65. The average molecular weight is 326 g/mol. The van der Waals surface area contributed by atoms with Crippen LogP contribution in [0.1, 0.15) is 5.56 Å². The summed E-state index contributed by atoms with van der Waals surface area (Å²) in [5, 5.41) is 16.8. The summed E-state index contributed by atoms with van der Waals surface area (Å²) < 4.78 is 6.64. The summed E-state index contributed by atoms with van der Waals surface area (Å²) in [6.07, 6.45) is 0. The molecule has 2 aromatic carbocycles. The predicted molar refractivity (Wildman–Crippen MR) is 77.6 cm³/mol. The molecule has 0 bridgehead atoms. The smallest absolute Gasteiger partial charge is 0.248 e. The third-order valence-electron chi connectivity index (χ3n) is 2.78. The number of aromatic nitrogens is 2. The Bertz CT molecular complexity index is 770. The fraction of sp³-hybridized carbons (Fsp3) is 0. The van der Waals surface area contributed by atoms with E-state index < -0.39 is 0 Å². The maximum atomic E-state index is 8.77. The summed E-state index contributed by atoms with van der Waals surface area (Å²) in [5.41, 5.74) is 2.25. The topological polar surface area (TPSA) is 62.7 Å². The third kappa shape index (κ3) is 2.46. The number of benzene rings is 2. The lowest BCUT2D eigenvalue weighted by Crippen LogP contribution is -1.78. The number of nitrogens with zero attached hydrogens (tertiary/aromatic N) is 3. The molecule has 0 N–H and O–H groups in total. The summed E-state index contributed by atoms with van der Waals surface area (Å²) in [4.78, 5) is 0. The van der Waals surface area contributed by atoms with Crippen molar-refractivity contribution >= 4 is 15.9 Å². The molecule has 0 aliphatic rings. The molecule has 0 saturated carbocycles. The van der Waals surface area contributed by atoms with Crippen LogP contribution in [0.15, 0.2) is 57.4 Å². The van der Waals surface area contributed by atoms with E-state index in [9.17, 15) is 0 Å². The molecule has 3 aromatic rings. The van der Waals surface area contributed by atoms with Crippen LogP contribution in [0, 0.1) is 11.3 Å². The second-order valence-electron chi connectivity index (χ2n) is 4.11. The lowest BCUT2D eigenvalue weighted by Gasteiger charge is -1.95. The molecule has 3 rings (SSSR count). The number of halogens is 1. The van der Waals surface area contributed by atoms with Crippen LogP contribution in [-0.4, -0.2) is 10.2 Å². The minimum atomic E-state index is 0.437. The lowest BCUT2D eigenvalue weighted by molar-refractivity contribution is 0.584. The van der Waals surface area contributed by atoms with E-state index in [2.05, 4.69) is 32.2 Å². The standard InChI is InChI=1S/C15H8BrN3O/c16-13-7-5-12(6-8-13)15-19-18-14(20-15)11-3-1-10(9-17)2-4-11/h1-8H. The van der Waals surface area contributed by atoms with E-state index in [0.717, 1.165) is 15.6 Å². The molecule has 0 amide bonds. The van der Waals surface area contributed by atoms with Crippen LogP contribution in [-0.2, 0) is 0 Å². The molecule has 0 aliphatic heterocycles. The average Bonchev–Trinajstić information content (AvgIpc) is 2.98. The van der Waals surface area contributed by atoms with Gasteiger partial charge in [-0.3, -0.25) is 0 Å². The quantitative estimate of drug-likeness (QED) is 0.713. The van der Waals surface area contributed by atoms with Gasteiger partial charge in [-0.15, -0.1) is 10.2 Å². The highest BCUT2D eigenvalue weighted by Gasteiger charge is 2.10. The first-order chi connectivity index (χ1) is 9.76. The Hall–Kier alpha value is -2.45. The van der Waals surface area contributed by atoms with Crippen LogP contribution in [0.5, 0.6) is 0 Å². The number of hydrogen-bond donors (Lipinski definition) is 0. The summed E-state index contributed by atoms with van der Waals surface area (Å²) in [6.45, 7) is 0. The van der Waals surface area contributed by atoms with Crippen molar-refractivity contribution in [2.45, 2.75) is 0 Å². The largest absolute Gasteiger partial charge is 0.416 e. The molecule has 1 heterocycles. The molecule has 96 valence electrons. The molecule has 0 radical (unpaired) electrons. The Morgan fingerprint density at radius 1 is 0.850 bits per heavy atom.